The van der Waals surface area contributed by atoms with Crippen molar-refractivity contribution in [3.05, 3.63) is 55.0 Å². The highest BCUT2D eigenvalue weighted by Crippen LogP contribution is 2.41. The first-order valence-corrected chi connectivity index (χ1v) is 8.20. The summed E-state index contributed by atoms with van der Waals surface area (Å²) in [4.78, 5) is 10.2. The van der Waals surface area contributed by atoms with Gasteiger partial charge in [0.15, 0.2) is 11.5 Å². The van der Waals surface area contributed by atoms with Gasteiger partial charge in [0.1, 0.15) is 0 Å². The van der Waals surface area contributed by atoms with Crippen molar-refractivity contribution in [3.63, 3.8) is 0 Å². The molecule has 0 bridgehead atoms. The fourth-order valence-corrected chi connectivity index (χ4v) is 2.86. The fraction of sp³-hybridized carbons (Fsp3) is 0.133. The summed E-state index contributed by atoms with van der Waals surface area (Å²) in [5, 5.41) is 14.7. The topological polar surface area (TPSA) is 86.0 Å². The average molecular weight is 459 g/mol. The van der Waals surface area contributed by atoms with Crippen molar-refractivity contribution in [1.82, 2.24) is 0 Å². The number of nitro benzene ring substituents is 1. The van der Waals surface area contributed by atoms with E-state index in [-0.39, 0.29) is 5.69 Å². The van der Waals surface area contributed by atoms with Gasteiger partial charge in [-0.05, 0) is 50.1 Å². The molecule has 0 amide bonds. The lowest BCUT2D eigenvalue weighted by Gasteiger charge is -2.12. The van der Waals surface area contributed by atoms with E-state index in [4.69, 9.17) is 9.47 Å². The van der Waals surface area contributed by atoms with Crippen LogP contribution in [0.2, 0.25) is 0 Å². The van der Waals surface area contributed by atoms with Crippen molar-refractivity contribution in [1.29, 1.82) is 0 Å². The van der Waals surface area contributed by atoms with Crippen LogP contribution in [0.3, 0.4) is 0 Å². The molecule has 2 aromatic rings. The van der Waals surface area contributed by atoms with Crippen LogP contribution in [-0.4, -0.2) is 25.4 Å². The van der Waals surface area contributed by atoms with Gasteiger partial charge in [0.05, 0.1) is 35.5 Å². The molecule has 0 fully saturated rings. The van der Waals surface area contributed by atoms with Gasteiger partial charge >= 0.3 is 0 Å². The van der Waals surface area contributed by atoms with Crippen molar-refractivity contribution in [2.24, 2.45) is 5.10 Å². The maximum absolute atomic E-state index is 10.6. The third kappa shape index (κ3) is 4.04. The molecule has 9 heteroatoms. The van der Waals surface area contributed by atoms with Crippen LogP contribution in [0.4, 0.5) is 11.4 Å². The zero-order chi connectivity index (χ0) is 17.7. The first-order valence-electron chi connectivity index (χ1n) is 6.61. The van der Waals surface area contributed by atoms with E-state index in [0.29, 0.717) is 21.7 Å². The van der Waals surface area contributed by atoms with E-state index in [1.165, 1.54) is 12.1 Å². The normalized spacial score (nSPS) is 10.7. The number of non-ortho nitro benzene ring substituents is 1. The van der Waals surface area contributed by atoms with Gasteiger partial charge in [-0.15, -0.1) is 0 Å². The first-order chi connectivity index (χ1) is 11.5. The number of halogens is 2. The van der Waals surface area contributed by atoms with Crippen molar-refractivity contribution in [2.75, 3.05) is 19.6 Å². The molecule has 7 nitrogen and oxygen atoms in total. The Labute approximate surface area is 155 Å². The van der Waals surface area contributed by atoms with Crippen LogP contribution in [0.15, 0.2) is 44.4 Å². The summed E-state index contributed by atoms with van der Waals surface area (Å²) in [5.74, 6) is 1.13. The lowest BCUT2D eigenvalue weighted by atomic mass is 10.2. The molecule has 2 rings (SSSR count). The summed E-state index contributed by atoms with van der Waals surface area (Å²) >= 11 is 6.91. The van der Waals surface area contributed by atoms with Crippen LogP contribution in [-0.2, 0) is 0 Å². The molecule has 1 N–H and O–H groups in total. The molecule has 0 atom stereocenters. The Kier molecular flexibility index (Phi) is 6.16. The number of hydrazone groups is 1. The van der Waals surface area contributed by atoms with Crippen LogP contribution in [0.25, 0.3) is 0 Å². The van der Waals surface area contributed by atoms with Gasteiger partial charge in [-0.3, -0.25) is 15.5 Å². The second kappa shape index (κ2) is 8.11. The molecule has 0 heterocycles. The summed E-state index contributed by atoms with van der Waals surface area (Å²) in [5.41, 5.74) is 4.23. The van der Waals surface area contributed by atoms with Gasteiger partial charge < -0.3 is 9.47 Å². The Morgan fingerprint density at radius 2 is 1.83 bits per heavy atom. The third-order valence-electron chi connectivity index (χ3n) is 3.06. The van der Waals surface area contributed by atoms with E-state index >= 15 is 0 Å². The van der Waals surface area contributed by atoms with Gasteiger partial charge in [0.25, 0.3) is 5.69 Å². The standard InChI is InChI=1S/C15H13Br2N3O4/c1-23-12-7-9(13(16)14(17)15(12)24-2)8-18-19-10-3-5-11(6-4-10)20(21)22/h3-8,19H,1-2H3/b18-8-. The number of anilines is 1. The molecule has 0 aliphatic carbocycles. The van der Waals surface area contributed by atoms with E-state index in [9.17, 15) is 10.1 Å². The Hall–Kier alpha value is -2.13. The summed E-state index contributed by atoms with van der Waals surface area (Å²) in [6.45, 7) is 0. The first kappa shape index (κ1) is 18.2. The third-order valence-corrected chi connectivity index (χ3v) is 5.20. The molecule has 0 saturated carbocycles. The predicted molar refractivity (Wildman–Crippen MR) is 99.3 cm³/mol. The fourth-order valence-electron chi connectivity index (χ4n) is 1.87. The molecule has 0 aliphatic rings. The number of nitrogens with one attached hydrogen (secondary N) is 1. The summed E-state index contributed by atoms with van der Waals surface area (Å²) in [6, 6.07) is 7.74. The van der Waals surface area contributed by atoms with Crippen LogP contribution in [0.1, 0.15) is 5.56 Å². The number of nitrogens with zero attached hydrogens (tertiary/aromatic N) is 2. The maximum atomic E-state index is 10.6. The van der Waals surface area contributed by atoms with Gasteiger partial charge in [-0.2, -0.15) is 5.10 Å². The number of hydrogen-bond acceptors (Lipinski definition) is 6. The number of nitro groups is 1. The number of methoxy groups -OCH3 is 2. The quantitative estimate of drug-likeness (QED) is 0.389. The smallest absolute Gasteiger partial charge is 0.269 e. The van der Waals surface area contributed by atoms with E-state index in [1.807, 2.05) is 0 Å². The van der Waals surface area contributed by atoms with Gasteiger partial charge in [-0.25, -0.2) is 0 Å². The van der Waals surface area contributed by atoms with Crippen molar-refractivity contribution >= 4 is 49.4 Å². The number of rotatable bonds is 6. The Bertz CT molecular complexity index is 779. The van der Waals surface area contributed by atoms with Crippen molar-refractivity contribution in [2.45, 2.75) is 0 Å². The van der Waals surface area contributed by atoms with Crippen LogP contribution < -0.4 is 14.9 Å². The maximum Gasteiger partial charge on any atom is 0.269 e. The molecule has 0 radical (unpaired) electrons. The van der Waals surface area contributed by atoms with Crippen molar-refractivity contribution in [3.8, 4) is 11.5 Å². The minimum Gasteiger partial charge on any atom is -0.493 e. The number of benzene rings is 2. The molecule has 0 aliphatic heterocycles. The van der Waals surface area contributed by atoms with Crippen molar-refractivity contribution < 1.29 is 14.4 Å². The summed E-state index contributed by atoms with van der Waals surface area (Å²) in [6.07, 6.45) is 1.60. The molecule has 126 valence electrons. The van der Waals surface area contributed by atoms with Crippen LogP contribution in [0.5, 0.6) is 11.5 Å². The highest BCUT2D eigenvalue weighted by molar-refractivity contribution is 9.13. The zero-order valence-electron chi connectivity index (χ0n) is 12.7. The predicted octanol–water partition coefficient (Wildman–Crippen LogP) is 4.58. The highest BCUT2D eigenvalue weighted by Gasteiger charge is 2.15. The van der Waals surface area contributed by atoms with Gasteiger partial charge in [-0.1, -0.05) is 0 Å². The zero-order valence-corrected chi connectivity index (χ0v) is 15.9. The molecule has 0 aromatic heterocycles. The average Bonchev–Trinajstić information content (AvgIpc) is 2.58. The second-order valence-corrected chi connectivity index (χ2v) is 6.09. The van der Waals surface area contributed by atoms with E-state index in [2.05, 4.69) is 42.4 Å². The SMILES string of the molecule is COc1cc(/C=N\Nc2ccc([N+](=O)[O-])cc2)c(Br)c(Br)c1OC. The Balaban J connectivity index is 2.20. The van der Waals surface area contributed by atoms with E-state index in [0.717, 1.165) is 10.0 Å². The highest BCUT2D eigenvalue weighted by atomic mass is 79.9. The molecule has 0 unspecified atom stereocenters. The number of ether oxygens (including phenoxy) is 2. The Morgan fingerprint density at radius 1 is 1.17 bits per heavy atom. The lowest BCUT2D eigenvalue weighted by Crippen LogP contribution is -1.97. The minimum absolute atomic E-state index is 0.0242. The molecular weight excluding hydrogens is 446 g/mol. The van der Waals surface area contributed by atoms with Crippen LogP contribution in [0, 0.1) is 10.1 Å². The minimum atomic E-state index is -0.453. The molecule has 24 heavy (non-hydrogen) atoms. The monoisotopic (exact) mass is 457 g/mol. The Morgan fingerprint density at radius 3 is 2.38 bits per heavy atom. The molecule has 0 spiro atoms. The summed E-state index contributed by atoms with van der Waals surface area (Å²) in [7, 11) is 3.10. The van der Waals surface area contributed by atoms with Gasteiger partial charge in [0.2, 0.25) is 0 Å². The molecule has 0 saturated heterocycles. The molecule has 2 aromatic carbocycles. The van der Waals surface area contributed by atoms with E-state index < -0.39 is 4.92 Å². The van der Waals surface area contributed by atoms with Crippen LogP contribution >= 0.6 is 31.9 Å². The van der Waals surface area contributed by atoms with Gasteiger partial charge in [0, 0.05) is 22.2 Å². The molecular formula is C15H13Br2N3O4. The second-order valence-electron chi connectivity index (χ2n) is 4.50. The lowest BCUT2D eigenvalue weighted by molar-refractivity contribution is -0.384. The number of hydrogen-bond donors (Lipinski definition) is 1. The largest absolute Gasteiger partial charge is 0.493 e. The van der Waals surface area contributed by atoms with E-state index in [1.54, 1.807) is 38.6 Å². The summed E-state index contributed by atoms with van der Waals surface area (Å²) < 4.78 is 12.0.